The van der Waals surface area contributed by atoms with Gasteiger partial charge in [-0.2, -0.15) is 0 Å². The van der Waals surface area contributed by atoms with Crippen LogP contribution in [0.25, 0.3) is 0 Å². The van der Waals surface area contributed by atoms with E-state index in [-0.39, 0.29) is 5.91 Å². The number of hydrogen-bond acceptors (Lipinski definition) is 2. The number of amides is 1. The Kier molecular flexibility index (Phi) is 3.46. The fourth-order valence-electron chi connectivity index (χ4n) is 4.57. The SMILES string of the molecule is O=C(CN1CCc2ccccc2C1)N[C@@H]1C[C@H]2CC[C@H]1C2. The van der Waals surface area contributed by atoms with Gasteiger partial charge in [-0.25, -0.2) is 0 Å². The first-order valence-corrected chi connectivity index (χ1v) is 8.36. The molecule has 2 saturated carbocycles. The van der Waals surface area contributed by atoms with E-state index in [0.717, 1.165) is 31.3 Å². The van der Waals surface area contributed by atoms with E-state index in [1.165, 1.54) is 36.8 Å². The van der Waals surface area contributed by atoms with Crippen molar-refractivity contribution in [1.82, 2.24) is 10.2 Å². The maximum absolute atomic E-state index is 12.3. The zero-order valence-electron chi connectivity index (χ0n) is 12.6. The van der Waals surface area contributed by atoms with Crippen molar-refractivity contribution >= 4 is 5.91 Å². The highest BCUT2D eigenvalue weighted by atomic mass is 16.2. The minimum absolute atomic E-state index is 0.229. The number of hydrogen-bond donors (Lipinski definition) is 1. The number of fused-ring (bicyclic) bond motifs is 3. The van der Waals surface area contributed by atoms with Crippen LogP contribution in [0.4, 0.5) is 0 Å². The molecule has 1 N–H and O–H groups in total. The van der Waals surface area contributed by atoms with Gasteiger partial charge in [0.2, 0.25) is 5.91 Å². The van der Waals surface area contributed by atoms with Crippen molar-refractivity contribution < 1.29 is 4.79 Å². The molecular formula is C18H24N2O. The Bertz CT molecular complexity index is 542. The van der Waals surface area contributed by atoms with E-state index in [2.05, 4.69) is 34.5 Å². The number of nitrogens with zero attached hydrogens (tertiary/aromatic N) is 1. The molecule has 4 rings (SSSR count). The summed E-state index contributed by atoms with van der Waals surface area (Å²) in [5.74, 6) is 1.88. The Morgan fingerprint density at radius 3 is 2.81 bits per heavy atom. The summed E-state index contributed by atoms with van der Waals surface area (Å²) in [6, 6.07) is 9.07. The molecule has 2 aliphatic carbocycles. The van der Waals surface area contributed by atoms with E-state index in [1.54, 1.807) is 0 Å². The summed E-state index contributed by atoms with van der Waals surface area (Å²) in [5.41, 5.74) is 2.83. The van der Waals surface area contributed by atoms with Crippen LogP contribution in [0.3, 0.4) is 0 Å². The summed E-state index contributed by atoms with van der Waals surface area (Å²) < 4.78 is 0. The number of benzene rings is 1. The monoisotopic (exact) mass is 284 g/mol. The van der Waals surface area contributed by atoms with Gasteiger partial charge in [0.25, 0.3) is 0 Å². The van der Waals surface area contributed by atoms with Crippen molar-refractivity contribution in [1.29, 1.82) is 0 Å². The van der Waals surface area contributed by atoms with Crippen LogP contribution in [0.1, 0.15) is 36.8 Å². The Labute approximate surface area is 126 Å². The van der Waals surface area contributed by atoms with Crippen LogP contribution in [0.2, 0.25) is 0 Å². The van der Waals surface area contributed by atoms with E-state index in [1.807, 2.05) is 0 Å². The van der Waals surface area contributed by atoms with Crippen LogP contribution in [-0.2, 0) is 17.8 Å². The Hall–Kier alpha value is -1.35. The molecule has 1 heterocycles. The lowest BCUT2D eigenvalue weighted by atomic mass is 9.95. The molecule has 0 unspecified atom stereocenters. The van der Waals surface area contributed by atoms with Gasteiger partial charge in [-0.05, 0) is 48.6 Å². The summed E-state index contributed by atoms with van der Waals surface area (Å²) >= 11 is 0. The smallest absolute Gasteiger partial charge is 0.234 e. The molecule has 3 heteroatoms. The van der Waals surface area contributed by atoms with Crippen LogP contribution in [0.5, 0.6) is 0 Å². The van der Waals surface area contributed by atoms with E-state index < -0.39 is 0 Å². The molecule has 0 radical (unpaired) electrons. The zero-order chi connectivity index (χ0) is 14.2. The Balaban J connectivity index is 1.31. The number of carbonyl (C=O) groups is 1. The molecule has 1 amide bonds. The van der Waals surface area contributed by atoms with Gasteiger partial charge in [0.15, 0.2) is 0 Å². The third-order valence-electron chi connectivity index (χ3n) is 5.66. The molecule has 1 aliphatic heterocycles. The molecule has 2 bridgehead atoms. The molecule has 0 saturated heterocycles. The Morgan fingerprint density at radius 1 is 1.19 bits per heavy atom. The summed E-state index contributed by atoms with van der Waals surface area (Å²) in [4.78, 5) is 14.6. The van der Waals surface area contributed by atoms with Crippen LogP contribution in [0, 0.1) is 11.8 Å². The lowest BCUT2D eigenvalue weighted by molar-refractivity contribution is -0.123. The first-order chi connectivity index (χ1) is 10.3. The lowest BCUT2D eigenvalue weighted by Crippen LogP contribution is -2.45. The molecule has 1 aromatic rings. The van der Waals surface area contributed by atoms with Gasteiger partial charge in [-0.1, -0.05) is 30.7 Å². The van der Waals surface area contributed by atoms with Gasteiger partial charge in [0.05, 0.1) is 6.54 Å². The molecular weight excluding hydrogens is 260 g/mol. The normalized spacial score (nSPS) is 31.1. The average Bonchev–Trinajstić information content (AvgIpc) is 3.09. The predicted octanol–water partition coefficient (Wildman–Crippen LogP) is 2.35. The second kappa shape index (κ2) is 5.45. The summed E-state index contributed by atoms with van der Waals surface area (Å²) in [6.45, 7) is 2.48. The maximum Gasteiger partial charge on any atom is 0.234 e. The standard InChI is InChI=1S/C18H24N2O/c21-18(19-17-10-13-5-6-15(17)9-13)12-20-8-7-14-3-1-2-4-16(14)11-20/h1-4,13,15,17H,5-12H2,(H,19,21)/t13-,15-,17+/m0/s1. The van der Waals surface area contributed by atoms with Crippen molar-refractivity contribution in [2.45, 2.75) is 44.7 Å². The minimum atomic E-state index is 0.229. The molecule has 1 aromatic carbocycles. The average molecular weight is 284 g/mol. The van der Waals surface area contributed by atoms with Gasteiger partial charge in [-0.3, -0.25) is 9.69 Å². The highest BCUT2D eigenvalue weighted by molar-refractivity contribution is 5.78. The van der Waals surface area contributed by atoms with Crippen molar-refractivity contribution in [3.63, 3.8) is 0 Å². The fourth-order valence-corrected chi connectivity index (χ4v) is 4.57. The largest absolute Gasteiger partial charge is 0.352 e. The van der Waals surface area contributed by atoms with Gasteiger partial charge in [0, 0.05) is 19.1 Å². The molecule has 0 aromatic heterocycles. The minimum Gasteiger partial charge on any atom is -0.352 e. The zero-order valence-corrected chi connectivity index (χ0v) is 12.6. The number of carbonyl (C=O) groups excluding carboxylic acids is 1. The predicted molar refractivity (Wildman–Crippen MR) is 82.8 cm³/mol. The number of nitrogens with one attached hydrogen (secondary N) is 1. The third-order valence-corrected chi connectivity index (χ3v) is 5.66. The molecule has 0 spiro atoms. The molecule has 3 nitrogen and oxygen atoms in total. The second-order valence-electron chi connectivity index (χ2n) is 7.08. The summed E-state index contributed by atoms with van der Waals surface area (Å²) in [7, 11) is 0. The first kappa shape index (κ1) is 13.3. The maximum atomic E-state index is 12.3. The topological polar surface area (TPSA) is 32.3 Å². The molecule has 21 heavy (non-hydrogen) atoms. The molecule has 2 fully saturated rings. The van der Waals surface area contributed by atoms with Crippen LogP contribution < -0.4 is 5.32 Å². The van der Waals surface area contributed by atoms with Gasteiger partial charge < -0.3 is 5.32 Å². The fraction of sp³-hybridized carbons (Fsp3) is 0.611. The van der Waals surface area contributed by atoms with E-state index >= 15 is 0 Å². The van der Waals surface area contributed by atoms with Crippen molar-refractivity contribution in [2.75, 3.05) is 13.1 Å². The van der Waals surface area contributed by atoms with E-state index in [4.69, 9.17) is 0 Å². The highest BCUT2D eigenvalue weighted by Crippen LogP contribution is 2.44. The quantitative estimate of drug-likeness (QED) is 0.924. The molecule has 3 aliphatic rings. The van der Waals surface area contributed by atoms with Crippen molar-refractivity contribution in [2.24, 2.45) is 11.8 Å². The molecule has 3 atom stereocenters. The van der Waals surface area contributed by atoms with Gasteiger partial charge in [0.1, 0.15) is 0 Å². The van der Waals surface area contributed by atoms with Crippen LogP contribution in [-0.4, -0.2) is 29.9 Å². The lowest BCUT2D eigenvalue weighted by Gasteiger charge is -2.29. The van der Waals surface area contributed by atoms with Crippen LogP contribution in [0.15, 0.2) is 24.3 Å². The third kappa shape index (κ3) is 2.71. The second-order valence-corrected chi connectivity index (χ2v) is 7.08. The summed E-state index contributed by atoms with van der Waals surface area (Å²) in [5, 5.41) is 3.30. The van der Waals surface area contributed by atoms with E-state index in [0.29, 0.717) is 12.6 Å². The van der Waals surface area contributed by atoms with Gasteiger partial charge in [-0.15, -0.1) is 0 Å². The van der Waals surface area contributed by atoms with Crippen molar-refractivity contribution in [3.8, 4) is 0 Å². The number of rotatable bonds is 3. The molecule has 112 valence electrons. The summed E-state index contributed by atoms with van der Waals surface area (Å²) in [6.07, 6.45) is 6.35. The highest BCUT2D eigenvalue weighted by Gasteiger charge is 2.40. The Morgan fingerprint density at radius 2 is 2.05 bits per heavy atom. The first-order valence-electron chi connectivity index (χ1n) is 8.36. The van der Waals surface area contributed by atoms with Crippen molar-refractivity contribution in [3.05, 3.63) is 35.4 Å². The van der Waals surface area contributed by atoms with Gasteiger partial charge >= 0.3 is 0 Å². The van der Waals surface area contributed by atoms with Crippen LogP contribution >= 0.6 is 0 Å². The van der Waals surface area contributed by atoms with E-state index in [9.17, 15) is 4.79 Å².